The summed E-state index contributed by atoms with van der Waals surface area (Å²) in [6.45, 7) is 4.91. The van der Waals surface area contributed by atoms with Gasteiger partial charge in [-0.2, -0.15) is 0 Å². The lowest BCUT2D eigenvalue weighted by Crippen LogP contribution is -2.55. The van der Waals surface area contributed by atoms with Crippen LogP contribution >= 0.6 is 24.8 Å². The SMILES string of the molecule is Cl.Cl.O=C1CN(CC2(O)CCNC2)CCN1CCc1ccccc1. The van der Waals surface area contributed by atoms with Crippen molar-refractivity contribution in [2.45, 2.75) is 18.4 Å². The van der Waals surface area contributed by atoms with E-state index < -0.39 is 5.60 Å². The van der Waals surface area contributed by atoms with Gasteiger partial charge in [0.2, 0.25) is 5.91 Å². The highest BCUT2D eigenvalue weighted by atomic mass is 35.5. The summed E-state index contributed by atoms with van der Waals surface area (Å²) in [6.07, 6.45) is 1.68. The molecule has 0 radical (unpaired) electrons. The van der Waals surface area contributed by atoms with Crippen LogP contribution in [-0.4, -0.2) is 72.2 Å². The van der Waals surface area contributed by atoms with Crippen LogP contribution < -0.4 is 5.32 Å². The van der Waals surface area contributed by atoms with Crippen molar-refractivity contribution >= 4 is 30.7 Å². The van der Waals surface area contributed by atoms with Gasteiger partial charge in [-0.15, -0.1) is 24.8 Å². The summed E-state index contributed by atoms with van der Waals surface area (Å²) < 4.78 is 0. The first-order chi connectivity index (χ1) is 10.6. The van der Waals surface area contributed by atoms with Crippen LogP contribution in [0.5, 0.6) is 0 Å². The van der Waals surface area contributed by atoms with Gasteiger partial charge >= 0.3 is 0 Å². The molecule has 1 unspecified atom stereocenters. The predicted molar refractivity (Wildman–Crippen MR) is 100 cm³/mol. The molecule has 1 atom stereocenters. The van der Waals surface area contributed by atoms with Gasteiger partial charge in [-0.1, -0.05) is 30.3 Å². The molecule has 2 N–H and O–H groups in total. The molecule has 0 spiro atoms. The summed E-state index contributed by atoms with van der Waals surface area (Å²) in [4.78, 5) is 16.3. The molecule has 0 saturated carbocycles. The maximum absolute atomic E-state index is 12.3. The smallest absolute Gasteiger partial charge is 0.236 e. The Morgan fingerprint density at radius 2 is 1.92 bits per heavy atom. The van der Waals surface area contributed by atoms with Crippen molar-refractivity contribution < 1.29 is 9.90 Å². The number of carbonyl (C=O) groups is 1. The van der Waals surface area contributed by atoms with Gasteiger partial charge in [-0.25, -0.2) is 0 Å². The van der Waals surface area contributed by atoms with E-state index in [1.165, 1.54) is 5.56 Å². The molecule has 2 saturated heterocycles. The molecule has 0 bridgehead atoms. The molecule has 24 heavy (non-hydrogen) atoms. The number of rotatable bonds is 5. The topological polar surface area (TPSA) is 55.8 Å². The minimum absolute atomic E-state index is 0. The molecule has 7 heteroatoms. The molecule has 1 aromatic rings. The number of β-amino-alcohol motifs (C(OH)–C–C–N with tert-alkyl or cyclic N) is 1. The number of benzene rings is 1. The molecule has 1 amide bonds. The van der Waals surface area contributed by atoms with Gasteiger partial charge in [0.15, 0.2) is 0 Å². The highest BCUT2D eigenvalue weighted by Crippen LogP contribution is 2.17. The second-order valence-corrected chi connectivity index (χ2v) is 6.48. The average Bonchev–Trinajstić information content (AvgIpc) is 2.94. The molecule has 2 heterocycles. The van der Waals surface area contributed by atoms with Crippen LogP contribution in [0.25, 0.3) is 0 Å². The molecule has 5 nitrogen and oxygen atoms in total. The number of piperazine rings is 1. The van der Waals surface area contributed by atoms with E-state index in [0.717, 1.165) is 39.0 Å². The van der Waals surface area contributed by atoms with Crippen molar-refractivity contribution in [3.63, 3.8) is 0 Å². The maximum Gasteiger partial charge on any atom is 0.236 e. The minimum atomic E-state index is -0.660. The molecule has 2 aliphatic rings. The van der Waals surface area contributed by atoms with Crippen molar-refractivity contribution in [2.24, 2.45) is 0 Å². The molecule has 2 fully saturated rings. The highest BCUT2D eigenvalue weighted by Gasteiger charge is 2.35. The Labute approximate surface area is 156 Å². The monoisotopic (exact) mass is 375 g/mol. The van der Waals surface area contributed by atoms with E-state index in [1.54, 1.807) is 0 Å². The molecule has 2 aliphatic heterocycles. The Kier molecular flexibility index (Phi) is 8.46. The standard InChI is InChI=1S/C17H25N3O2.2ClH/c21-16-12-19(14-17(22)7-8-18-13-17)10-11-20(16)9-6-15-4-2-1-3-5-15;;/h1-5,18,22H,6-14H2;2*1H. The lowest BCUT2D eigenvalue weighted by molar-refractivity contribution is -0.137. The van der Waals surface area contributed by atoms with Crippen molar-refractivity contribution in [3.8, 4) is 0 Å². The van der Waals surface area contributed by atoms with Gasteiger partial charge in [-0.3, -0.25) is 9.69 Å². The van der Waals surface area contributed by atoms with E-state index in [0.29, 0.717) is 19.6 Å². The zero-order valence-corrected chi connectivity index (χ0v) is 15.5. The van der Waals surface area contributed by atoms with Gasteiger partial charge in [0.1, 0.15) is 0 Å². The zero-order valence-electron chi connectivity index (χ0n) is 13.8. The molecule has 136 valence electrons. The number of hydrogen-bond acceptors (Lipinski definition) is 4. The summed E-state index contributed by atoms with van der Waals surface area (Å²) in [5.74, 6) is 0.178. The largest absolute Gasteiger partial charge is 0.387 e. The first-order valence-electron chi connectivity index (χ1n) is 8.12. The third-order valence-corrected chi connectivity index (χ3v) is 4.65. The second-order valence-electron chi connectivity index (χ2n) is 6.48. The van der Waals surface area contributed by atoms with Crippen molar-refractivity contribution in [1.29, 1.82) is 0 Å². The van der Waals surface area contributed by atoms with Gasteiger partial charge in [0.05, 0.1) is 12.1 Å². The fraction of sp³-hybridized carbons (Fsp3) is 0.588. The quantitative estimate of drug-likeness (QED) is 0.803. The lowest BCUT2D eigenvalue weighted by atomic mass is 10.0. The lowest BCUT2D eigenvalue weighted by Gasteiger charge is -2.37. The summed E-state index contributed by atoms with van der Waals surface area (Å²) in [7, 11) is 0. The van der Waals surface area contributed by atoms with Gasteiger partial charge in [0.25, 0.3) is 0 Å². The Bertz CT molecular complexity index is 510. The highest BCUT2D eigenvalue weighted by molar-refractivity contribution is 5.85. The molecular formula is C17H27Cl2N3O2. The fourth-order valence-electron chi connectivity index (χ4n) is 3.32. The maximum atomic E-state index is 12.3. The van der Waals surface area contributed by atoms with E-state index in [-0.39, 0.29) is 30.7 Å². The van der Waals surface area contributed by atoms with E-state index >= 15 is 0 Å². The van der Waals surface area contributed by atoms with Crippen molar-refractivity contribution in [1.82, 2.24) is 15.1 Å². The fourth-order valence-corrected chi connectivity index (χ4v) is 3.32. The number of aliphatic hydroxyl groups is 1. The van der Waals surface area contributed by atoms with E-state index in [4.69, 9.17) is 0 Å². The van der Waals surface area contributed by atoms with Crippen LogP contribution in [0.15, 0.2) is 30.3 Å². The van der Waals surface area contributed by atoms with Crippen LogP contribution in [0.1, 0.15) is 12.0 Å². The molecular weight excluding hydrogens is 349 g/mol. The molecule has 0 aromatic heterocycles. The van der Waals surface area contributed by atoms with Crippen molar-refractivity contribution in [3.05, 3.63) is 35.9 Å². The first kappa shape index (κ1) is 21.2. The minimum Gasteiger partial charge on any atom is -0.387 e. The van der Waals surface area contributed by atoms with E-state index in [9.17, 15) is 9.90 Å². The second kappa shape index (κ2) is 9.59. The average molecular weight is 376 g/mol. The van der Waals surface area contributed by atoms with Crippen LogP contribution in [0, 0.1) is 0 Å². The normalized spacial score (nSPS) is 24.4. The summed E-state index contributed by atoms with van der Waals surface area (Å²) in [5.41, 5.74) is 0.607. The number of amides is 1. The third kappa shape index (κ3) is 5.60. The number of hydrogen-bond donors (Lipinski definition) is 2. The van der Waals surface area contributed by atoms with Crippen LogP contribution in [-0.2, 0) is 11.2 Å². The summed E-state index contributed by atoms with van der Waals surface area (Å²) in [5, 5.41) is 13.6. The van der Waals surface area contributed by atoms with Crippen LogP contribution in [0.2, 0.25) is 0 Å². The zero-order chi connectivity index (χ0) is 15.4. The third-order valence-electron chi connectivity index (χ3n) is 4.65. The van der Waals surface area contributed by atoms with Gasteiger partial charge in [-0.05, 0) is 24.9 Å². The number of nitrogens with one attached hydrogen (secondary N) is 1. The van der Waals surface area contributed by atoms with E-state index in [1.807, 2.05) is 23.1 Å². The van der Waals surface area contributed by atoms with Crippen molar-refractivity contribution in [2.75, 3.05) is 45.8 Å². The number of halogens is 2. The summed E-state index contributed by atoms with van der Waals surface area (Å²) in [6, 6.07) is 10.3. The van der Waals surface area contributed by atoms with Gasteiger partial charge in [0, 0.05) is 32.7 Å². The number of carbonyl (C=O) groups excluding carboxylic acids is 1. The summed E-state index contributed by atoms with van der Waals surface area (Å²) >= 11 is 0. The van der Waals surface area contributed by atoms with Crippen LogP contribution in [0.3, 0.4) is 0 Å². The molecule has 3 rings (SSSR count). The predicted octanol–water partition coefficient (Wildman–Crippen LogP) is 0.941. The van der Waals surface area contributed by atoms with Gasteiger partial charge < -0.3 is 15.3 Å². The first-order valence-corrected chi connectivity index (χ1v) is 8.12. The van der Waals surface area contributed by atoms with E-state index in [2.05, 4.69) is 22.3 Å². The van der Waals surface area contributed by atoms with Crippen LogP contribution in [0.4, 0.5) is 0 Å². The molecule has 1 aromatic carbocycles. The Hall–Kier alpha value is -0.850. The number of nitrogens with zero attached hydrogens (tertiary/aromatic N) is 2. The molecule has 0 aliphatic carbocycles. The Morgan fingerprint density at radius 3 is 2.54 bits per heavy atom. The Morgan fingerprint density at radius 1 is 1.17 bits per heavy atom. The Balaban J connectivity index is 0.00000144.